The van der Waals surface area contributed by atoms with Crippen molar-refractivity contribution in [3.05, 3.63) is 58.1 Å². The van der Waals surface area contributed by atoms with Crippen molar-refractivity contribution in [2.24, 2.45) is 11.3 Å². The van der Waals surface area contributed by atoms with Crippen LogP contribution in [-0.2, 0) is 11.8 Å². The van der Waals surface area contributed by atoms with E-state index in [2.05, 4.69) is 62.6 Å². The Balaban J connectivity index is 1.23. The molecule has 0 spiro atoms. The molecule has 0 radical (unpaired) electrons. The van der Waals surface area contributed by atoms with Crippen LogP contribution in [0.4, 0.5) is 5.69 Å². The molecule has 2 aliphatic carbocycles. The minimum atomic E-state index is -0.515. The van der Waals surface area contributed by atoms with Crippen LogP contribution >= 0.6 is 11.6 Å². The summed E-state index contributed by atoms with van der Waals surface area (Å²) in [5.41, 5.74) is 6.22. The van der Waals surface area contributed by atoms with E-state index in [-0.39, 0.29) is 5.41 Å². The van der Waals surface area contributed by atoms with Crippen molar-refractivity contribution in [2.45, 2.75) is 84.2 Å². The smallest absolute Gasteiger partial charge is 0.123 e. The van der Waals surface area contributed by atoms with Gasteiger partial charge in [-0.15, -0.1) is 0 Å². The number of hydrogen-bond acceptors (Lipinski definition) is 4. The minimum Gasteiger partial charge on any atom is -0.491 e. The highest BCUT2D eigenvalue weighted by atomic mass is 35.5. The molecule has 2 aromatic carbocycles. The lowest BCUT2D eigenvalue weighted by molar-refractivity contribution is 0.0402. The summed E-state index contributed by atoms with van der Waals surface area (Å²) in [5, 5.41) is 11.7. The Morgan fingerprint density at radius 2 is 1.76 bits per heavy atom. The van der Waals surface area contributed by atoms with Crippen LogP contribution in [0.25, 0.3) is 0 Å². The minimum absolute atomic E-state index is 0.253. The summed E-state index contributed by atoms with van der Waals surface area (Å²) in [6.45, 7) is 16.7. The van der Waals surface area contributed by atoms with Crippen LogP contribution < -0.4 is 9.64 Å². The summed E-state index contributed by atoms with van der Waals surface area (Å²) >= 11 is 6.40. The van der Waals surface area contributed by atoms with Crippen molar-refractivity contribution >= 4 is 17.3 Å². The number of hydrogen-bond donors (Lipinski definition) is 1. The molecule has 1 N–H and O–H groups in total. The maximum atomic E-state index is 10.9. The number of para-hydroxylation sites is 1. The lowest BCUT2D eigenvalue weighted by Crippen LogP contribution is -2.49. The first kappa shape index (κ1) is 27.8. The second-order valence-electron chi connectivity index (χ2n) is 13.2. The average molecular weight is 539 g/mol. The molecule has 1 saturated heterocycles. The van der Waals surface area contributed by atoms with Crippen LogP contribution in [0, 0.1) is 11.3 Å². The monoisotopic (exact) mass is 538 g/mol. The average Bonchev–Trinajstić information content (AvgIpc) is 2.87. The summed E-state index contributed by atoms with van der Waals surface area (Å²) < 4.78 is 6.38. The number of benzene rings is 2. The number of anilines is 1. The second kappa shape index (κ2) is 11.0. The first-order valence-electron chi connectivity index (χ1n) is 14.8. The molecule has 38 heavy (non-hydrogen) atoms. The van der Waals surface area contributed by atoms with Gasteiger partial charge >= 0.3 is 0 Å². The highest BCUT2D eigenvalue weighted by Gasteiger charge is 2.50. The van der Waals surface area contributed by atoms with Gasteiger partial charge in [0.2, 0.25) is 0 Å². The molecule has 1 saturated carbocycles. The van der Waals surface area contributed by atoms with E-state index in [9.17, 15) is 5.11 Å². The molecule has 3 atom stereocenters. The van der Waals surface area contributed by atoms with Crippen molar-refractivity contribution in [3.8, 4) is 5.75 Å². The molecule has 3 aliphatic rings. The molecule has 5 heteroatoms. The van der Waals surface area contributed by atoms with E-state index < -0.39 is 6.10 Å². The number of piperazine rings is 1. The van der Waals surface area contributed by atoms with Gasteiger partial charge in [-0.3, -0.25) is 4.90 Å². The topological polar surface area (TPSA) is 35.9 Å². The number of halogens is 1. The fourth-order valence-corrected chi connectivity index (χ4v) is 8.32. The number of aliphatic hydroxyl groups is 1. The molecule has 2 fully saturated rings. The van der Waals surface area contributed by atoms with Crippen molar-refractivity contribution in [1.29, 1.82) is 0 Å². The van der Waals surface area contributed by atoms with E-state index in [0.717, 1.165) is 55.0 Å². The third-order valence-corrected chi connectivity index (χ3v) is 10.2. The Morgan fingerprint density at radius 3 is 2.47 bits per heavy atom. The predicted molar refractivity (Wildman–Crippen MR) is 159 cm³/mol. The maximum absolute atomic E-state index is 10.9. The number of β-amino-alcohol motifs (C(OH)–C–C–N with tert-alkyl or cyclic N) is 1. The number of aliphatic hydroxyl groups excluding tert-OH is 1. The van der Waals surface area contributed by atoms with Crippen molar-refractivity contribution in [2.75, 3.05) is 44.2 Å². The SMILES string of the molecule is CC(C)c1c(OCC(O)CN2CCN(c3ccccc3Cl)CC2)ccc2c1CCC1C(C)(C)CCC[C@]21C. The Labute approximate surface area is 235 Å². The zero-order valence-electron chi connectivity index (χ0n) is 24.1. The molecule has 2 unspecified atom stereocenters. The van der Waals surface area contributed by atoms with E-state index >= 15 is 0 Å². The third-order valence-electron chi connectivity index (χ3n) is 9.89. The first-order chi connectivity index (χ1) is 18.1. The molecule has 0 aromatic heterocycles. The van der Waals surface area contributed by atoms with Crippen molar-refractivity contribution < 1.29 is 9.84 Å². The number of ether oxygens (including phenoxy) is 1. The van der Waals surface area contributed by atoms with Crippen LogP contribution in [0.3, 0.4) is 0 Å². The summed E-state index contributed by atoms with van der Waals surface area (Å²) in [6, 6.07) is 12.6. The van der Waals surface area contributed by atoms with Gasteiger partial charge in [0.05, 0.1) is 10.7 Å². The molecule has 4 nitrogen and oxygen atoms in total. The molecule has 2 aromatic rings. The van der Waals surface area contributed by atoms with E-state index in [1.54, 1.807) is 5.56 Å². The van der Waals surface area contributed by atoms with Crippen molar-refractivity contribution in [3.63, 3.8) is 0 Å². The van der Waals surface area contributed by atoms with Crippen LogP contribution in [0.2, 0.25) is 5.02 Å². The second-order valence-corrected chi connectivity index (χ2v) is 13.6. The zero-order valence-corrected chi connectivity index (χ0v) is 24.9. The lowest BCUT2D eigenvalue weighted by Gasteiger charge is -2.54. The van der Waals surface area contributed by atoms with Gasteiger partial charge in [0, 0.05) is 38.3 Å². The van der Waals surface area contributed by atoms with Crippen LogP contribution in [0.15, 0.2) is 36.4 Å². The Kier molecular flexibility index (Phi) is 8.06. The molecule has 0 amide bonds. The molecule has 1 aliphatic heterocycles. The Hall–Kier alpha value is -1.75. The Morgan fingerprint density at radius 1 is 1.03 bits per heavy atom. The van der Waals surface area contributed by atoms with Gasteiger partial charge in [-0.1, -0.05) is 70.8 Å². The third kappa shape index (κ3) is 5.33. The lowest BCUT2D eigenvalue weighted by atomic mass is 9.50. The molecule has 1 heterocycles. The van der Waals surface area contributed by atoms with E-state index in [1.165, 1.54) is 36.8 Å². The molecule has 5 rings (SSSR count). The molecule has 208 valence electrons. The highest BCUT2D eigenvalue weighted by Crippen LogP contribution is 2.58. The fourth-order valence-electron chi connectivity index (χ4n) is 8.07. The highest BCUT2D eigenvalue weighted by molar-refractivity contribution is 6.33. The van der Waals surface area contributed by atoms with Gasteiger partial charge in [0.25, 0.3) is 0 Å². The largest absolute Gasteiger partial charge is 0.491 e. The maximum Gasteiger partial charge on any atom is 0.123 e. The molecular formula is C33H47ClN2O2. The van der Waals surface area contributed by atoms with E-state index in [0.29, 0.717) is 24.5 Å². The fraction of sp³-hybridized carbons (Fsp3) is 0.636. The van der Waals surface area contributed by atoms with Gasteiger partial charge in [0.15, 0.2) is 0 Å². The van der Waals surface area contributed by atoms with Gasteiger partial charge in [-0.25, -0.2) is 0 Å². The zero-order chi connectivity index (χ0) is 27.1. The van der Waals surface area contributed by atoms with Crippen molar-refractivity contribution in [1.82, 2.24) is 4.90 Å². The first-order valence-corrected chi connectivity index (χ1v) is 15.2. The quantitative estimate of drug-likeness (QED) is 0.409. The number of nitrogens with zero attached hydrogens (tertiary/aromatic N) is 2. The van der Waals surface area contributed by atoms with E-state index in [4.69, 9.17) is 16.3 Å². The van der Waals surface area contributed by atoms with Crippen LogP contribution in [-0.4, -0.2) is 55.4 Å². The Bertz CT molecular complexity index is 1120. The summed E-state index contributed by atoms with van der Waals surface area (Å²) in [7, 11) is 0. The predicted octanol–water partition coefficient (Wildman–Crippen LogP) is 7.06. The van der Waals surface area contributed by atoms with Gasteiger partial charge in [0.1, 0.15) is 18.5 Å². The van der Waals surface area contributed by atoms with Gasteiger partial charge < -0.3 is 14.7 Å². The van der Waals surface area contributed by atoms with Gasteiger partial charge in [-0.2, -0.15) is 0 Å². The molecule has 0 bridgehead atoms. The normalized spacial score (nSPS) is 26.1. The summed E-state index contributed by atoms with van der Waals surface area (Å²) in [4.78, 5) is 4.67. The number of rotatable bonds is 7. The number of fused-ring (bicyclic) bond motifs is 3. The summed E-state index contributed by atoms with van der Waals surface area (Å²) in [6.07, 6.45) is 5.83. The van der Waals surface area contributed by atoms with E-state index in [1.807, 2.05) is 18.2 Å². The van der Waals surface area contributed by atoms with Crippen LogP contribution in [0.5, 0.6) is 5.75 Å². The van der Waals surface area contributed by atoms with Crippen LogP contribution in [0.1, 0.15) is 82.9 Å². The standard InChI is InChI=1S/C33H47ClN2O2/c1-23(2)31-25-11-14-30-32(3,4)15-8-16-33(30,5)26(25)12-13-29(31)38-22-24(37)21-35-17-19-36(20-18-35)28-10-7-6-9-27(28)34/h6-7,9-10,12-13,23-24,30,37H,8,11,14-22H2,1-5H3/t24?,30?,33-/m1/s1. The molecular weight excluding hydrogens is 492 g/mol. The van der Waals surface area contributed by atoms with Gasteiger partial charge in [-0.05, 0) is 77.7 Å². The summed E-state index contributed by atoms with van der Waals surface area (Å²) in [5.74, 6) is 2.11.